The second-order valence-electron chi connectivity index (χ2n) is 8.45. The van der Waals surface area contributed by atoms with Crippen LogP contribution in [-0.2, 0) is 26.2 Å². The first-order valence-corrected chi connectivity index (χ1v) is 14.0. The van der Waals surface area contributed by atoms with E-state index in [0.717, 1.165) is 32.6 Å². The van der Waals surface area contributed by atoms with Crippen LogP contribution in [0.3, 0.4) is 0 Å². The topological polar surface area (TPSA) is 86.8 Å². The van der Waals surface area contributed by atoms with Gasteiger partial charge in [0.15, 0.2) is 0 Å². The van der Waals surface area contributed by atoms with Crippen LogP contribution in [0.4, 0.5) is 5.69 Å². The predicted octanol–water partition coefficient (Wildman–Crippen LogP) is 4.25. The molecule has 0 saturated heterocycles. The fraction of sp³-hybridized carbons (Fsp3) is 0.440. The molecule has 0 aromatic heterocycles. The molecule has 2 rings (SSSR count). The number of hydrogen-bond acceptors (Lipinski definition) is 4. The normalized spacial score (nSPS) is 13.1. The van der Waals surface area contributed by atoms with Crippen molar-refractivity contribution in [1.82, 2.24) is 10.2 Å². The van der Waals surface area contributed by atoms with E-state index in [1.54, 1.807) is 18.2 Å². The van der Waals surface area contributed by atoms with Crippen molar-refractivity contribution < 1.29 is 18.0 Å². The molecule has 2 amide bonds. The van der Waals surface area contributed by atoms with Crippen LogP contribution < -0.4 is 9.62 Å². The highest BCUT2D eigenvalue weighted by Gasteiger charge is 2.32. The van der Waals surface area contributed by atoms with Crippen molar-refractivity contribution in [3.8, 4) is 0 Å². The van der Waals surface area contributed by atoms with Gasteiger partial charge in [-0.2, -0.15) is 0 Å². The Morgan fingerprint density at radius 3 is 2.24 bits per heavy atom. The van der Waals surface area contributed by atoms with Gasteiger partial charge in [0.25, 0.3) is 0 Å². The highest BCUT2D eigenvalue weighted by Crippen LogP contribution is 2.25. The molecule has 2 atom stereocenters. The smallest absolute Gasteiger partial charge is 0.244 e. The van der Waals surface area contributed by atoms with Crippen LogP contribution >= 0.6 is 15.9 Å². The number of carbonyl (C=O) groups is 2. The Labute approximate surface area is 211 Å². The number of carbonyl (C=O) groups excluding carboxylic acids is 2. The molecule has 186 valence electrons. The molecule has 0 heterocycles. The summed E-state index contributed by atoms with van der Waals surface area (Å²) in [6.45, 7) is 7.38. The highest BCUT2D eigenvalue weighted by molar-refractivity contribution is 9.10. The van der Waals surface area contributed by atoms with Gasteiger partial charge in [-0.3, -0.25) is 13.9 Å². The van der Waals surface area contributed by atoms with Crippen LogP contribution in [0.15, 0.2) is 53.0 Å². The molecule has 0 aliphatic rings. The van der Waals surface area contributed by atoms with Gasteiger partial charge >= 0.3 is 0 Å². The zero-order chi connectivity index (χ0) is 25.5. The van der Waals surface area contributed by atoms with Gasteiger partial charge in [-0.05, 0) is 56.0 Å². The van der Waals surface area contributed by atoms with Crippen LogP contribution in [0.5, 0.6) is 0 Å². The lowest BCUT2D eigenvalue weighted by atomic mass is 10.1. The number of benzene rings is 2. The summed E-state index contributed by atoms with van der Waals surface area (Å²) in [6, 6.07) is 13.7. The van der Waals surface area contributed by atoms with Gasteiger partial charge in [0.05, 0.1) is 11.9 Å². The highest BCUT2D eigenvalue weighted by atomic mass is 79.9. The number of aryl methyl sites for hydroxylation is 1. The van der Waals surface area contributed by atoms with Crippen molar-refractivity contribution in [2.45, 2.75) is 59.2 Å². The zero-order valence-electron chi connectivity index (χ0n) is 20.4. The zero-order valence-corrected chi connectivity index (χ0v) is 22.8. The second kappa shape index (κ2) is 12.4. The van der Waals surface area contributed by atoms with Gasteiger partial charge in [0.1, 0.15) is 12.6 Å². The first-order chi connectivity index (χ1) is 16.0. The summed E-state index contributed by atoms with van der Waals surface area (Å²) in [5.74, 6) is -0.687. The van der Waals surface area contributed by atoms with Gasteiger partial charge in [0.2, 0.25) is 21.8 Å². The molecule has 7 nitrogen and oxygen atoms in total. The van der Waals surface area contributed by atoms with E-state index >= 15 is 0 Å². The summed E-state index contributed by atoms with van der Waals surface area (Å²) in [6.07, 6.45) is 2.24. The lowest BCUT2D eigenvalue weighted by Crippen LogP contribution is -2.53. The van der Waals surface area contributed by atoms with Gasteiger partial charge in [-0.15, -0.1) is 0 Å². The Hall–Kier alpha value is -2.39. The summed E-state index contributed by atoms with van der Waals surface area (Å²) in [7, 11) is -3.75. The fourth-order valence-corrected chi connectivity index (χ4v) is 4.63. The number of halogens is 1. The van der Waals surface area contributed by atoms with E-state index < -0.39 is 28.5 Å². The van der Waals surface area contributed by atoms with E-state index in [2.05, 4.69) is 21.2 Å². The molecule has 34 heavy (non-hydrogen) atoms. The van der Waals surface area contributed by atoms with Crippen molar-refractivity contribution in [2.75, 3.05) is 17.1 Å². The van der Waals surface area contributed by atoms with Gasteiger partial charge < -0.3 is 10.2 Å². The molecule has 0 aliphatic heterocycles. The second-order valence-corrected chi connectivity index (χ2v) is 11.2. The largest absolute Gasteiger partial charge is 0.352 e. The van der Waals surface area contributed by atoms with Crippen molar-refractivity contribution in [1.29, 1.82) is 0 Å². The molecule has 0 aliphatic carbocycles. The number of amides is 2. The number of nitrogens with zero attached hydrogens (tertiary/aromatic N) is 2. The van der Waals surface area contributed by atoms with Gasteiger partial charge in [0, 0.05) is 17.1 Å². The van der Waals surface area contributed by atoms with Crippen molar-refractivity contribution >= 4 is 43.5 Å². The molecule has 0 saturated carbocycles. The summed E-state index contributed by atoms with van der Waals surface area (Å²) in [5.41, 5.74) is 2.10. The van der Waals surface area contributed by atoms with E-state index in [0.29, 0.717) is 12.1 Å². The maximum absolute atomic E-state index is 13.6. The monoisotopic (exact) mass is 551 g/mol. The molecule has 9 heteroatoms. The molecule has 1 N–H and O–H groups in total. The average Bonchev–Trinajstić information content (AvgIpc) is 2.78. The minimum atomic E-state index is -3.75. The van der Waals surface area contributed by atoms with E-state index in [-0.39, 0.29) is 18.5 Å². The Kier molecular flexibility index (Phi) is 10.1. The third-order valence-electron chi connectivity index (χ3n) is 5.69. The molecule has 2 aromatic carbocycles. The van der Waals surface area contributed by atoms with E-state index in [9.17, 15) is 18.0 Å². The first kappa shape index (κ1) is 27.9. The number of hydrogen-bond donors (Lipinski definition) is 1. The van der Waals surface area contributed by atoms with Crippen molar-refractivity contribution in [2.24, 2.45) is 0 Å². The molecule has 0 fully saturated rings. The maximum Gasteiger partial charge on any atom is 0.244 e. The minimum Gasteiger partial charge on any atom is -0.352 e. The number of nitrogens with one attached hydrogen (secondary N) is 1. The summed E-state index contributed by atoms with van der Waals surface area (Å²) in [4.78, 5) is 28.2. The van der Waals surface area contributed by atoms with E-state index in [1.165, 1.54) is 4.90 Å². The van der Waals surface area contributed by atoms with E-state index in [4.69, 9.17) is 0 Å². The van der Waals surface area contributed by atoms with Crippen LogP contribution in [0, 0.1) is 6.92 Å². The third kappa shape index (κ3) is 7.56. The molecular weight excluding hydrogens is 518 g/mol. The number of rotatable bonds is 11. The lowest BCUT2D eigenvalue weighted by molar-refractivity contribution is -0.140. The summed E-state index contributed by atoms with van der Waals surface area (Å²) >= 11 is 3.42. The SMILES string of the molecule is CC[C@@H](C)NC(=O)[C@H](CC)N(Cc1ccccc1)C(=O)CN(c1ccc(Br)c(C)c1)S(C)(=O)=O. The lowest BCUT2D eigenvalue weighted by Gasteiger charge is -2.33. The quantitative estimate of drug-likeness (QED) is 0.452. The molecule has 0 bridgehead atoms. The standard InChI is InChI=1S/C25H34BrN3O4S/c1-6-19(4)27-25(31)23(7-2)28(16-20-11-9-8-10-12-20)24(30)17-29(34(5,32)33)21-13-14-22(26)18(3)15-21/h8-15,19,23H,6-7,16-17H2,1-5H3,(H,27,31)/t19-,23+/m1/s1. The Balaban J connectivity index is 2.43. The molecular formula is C25H34BrN3O4S. The molecule has 0 spiro atoms. The van der Waals surface area contributed by atoms with Crippen LogP contribution in [-0.4, -0.2) is 50.0 Å². The fourth-order valence-electron chi connectivity index (χ4n) is 3.54. The Morgan fingerprint density at radius 1 is 1.06 bits per heavy atom. The minimum absolute atomic E-state index is 0.0338. The maximum atomic E-state index is 13.6. The van der Waals surface area contributed by atoms with Crippen molar-refractivity contribution in [3.63, 3.8) is 0 Å². The van der Waals surface area contributed by atoms with Gasteiger partial charge in [-0.1, -0.05) is 60.1 Å². The predicted molar refractivity (Wildman–Crippen MR) is 140 cm³/mol. The van der Waals surface area contributed by atoms with Crippen LogP contribution in [0.1, 0.15) is 44.7 Å². The van der Waals surface area contributed by atoms with Crippen LogP contribution in [0.25, 0.3) is 0 Å². The third-order valence-corrected chi connectivity index (χ3v) is 7.72. The molecule has 2 aromatic rings. The molecule has 0 unspecified atom stereocenters. The summed E-state index contributed by atoms with van der Waals surface area (Å²) < 4.78 is 27.3. The Morgan fingerprint density at radius 2 is 1.71 bits per heavy atom. The summed E-state index contributed by atoms with van der Waals surface area (Å²) in [5, 5.41) is 2.96. The number of anilines is 1. The average molecular weight is 553 g/mol. The molecule has 0 radical (unpaired) electrons. The van der Waals surface area contributed by atoms with Crippen LogP contribution in [0.2, 0.25) is 0 Å². The Bertz CT molecular complexity index is 1090. The van der Waals surface area contributed by atoms with E-state index in [1.807, 2.05) is 58.0 Å². The first-order valence-electron chi connectivity index (χ1n) is 11.4. The van der Waals surface area contributed by atoms with Crippen molar-refractivity contribution in [3.05, 3.63) is 64.1 Å². The number of sulfonamides is 1. The van der Waals surface area contributed by atoms with Gasteiger partial charge in [-0.25, -0.2) is 8.42 Å².